The molecule has 9 heteroatoms. The van der Waals surface area contributed by atoms with Gasteiger partial charge >= 0.3 is 0 Å². The van der Waals surface area contributed by atoms with Gasteiger partial charge < -0.3 is 15.1 Å². The summed E-state index contributed by atoms with van der Waals surface area (Å²) in [7, 11) is 0. The number of piperazine rings is 1. The van der Waals surface area contributed by atoms with E-state index in [-0.39, 0.29) is 16.9 Å². The topological polar surface area (TPSA) is 64.7 Å². The maximum atomic E-state index is 12.7. The first-order chi connectivity index (χ1) is 17.4. The fraction of sp³-hybridized carbons (Fsp3) is 0.148. The molecule has 1 aliphatic rings. The summed E-state index contributed by atoms with van der Waals surface area (Å²) >= 11 is 17.0. The Hall–Kier alpha value is -3.39. The predicted octanol–water partition coefficient (Wildman–Crippen LogP) is 5.48. The Morgan fingerprint density at radius 3 is 2.00 bits per heavy atom. The van der Waals surface area contributed by atoms with Crippen LogP contribution in [-0.4, -0.2) is 48.0 Å². The van der Waals surface area contributed by atoms with E-state index in [1.54, 1.807) is 42.5 Å². The number of benzene rings is 3. The quantitative estimate of drug-likeness (QED) is 0.332. The van der Waals surface area contributed by atoms with Crippen LogP contribution in [0.15, 0.2) is 78.9 Å². The van der Waals surface area contributed by atoms with Crippen molar-refractivity contribution < 1.29 is 9.59 Å². The molecule has 1 aliphatic heterocycles. The van der Waals surface area contributed by atoms with Crippen LogP contribution < -0.4 is 15.5 Å². The zero-order chi connectivity index (χ0) is 25.5. The second-order valence-electron chi connectivity index (χ2n) is 8.16. The van der Waals surface area contributed by atoms with Gasteiger partial charge in [0.2, 0.25) is 5.91 Å². The third-order valence-electron chi connectivity index (χ3n) is 5.68. The summed E-state index contributed by atoms with van der Waals surface area (Å²) in [5.41, 5.74) is 3.33. The molecule has 2 N–H and O–H groups in total. The largest absolute Gasteiger partial charge is 0.368 e. The third-order valence-corrected chi connectivity index (χ3v) is 6.39. The zero-order valence-electron chi connectivity index (χ0n) is 19.3. The number of carbonyl (C=O) groups is 2. The van der Waals surface area contributed by atoms with Gasteiger partial charge in [0, 0.05) is 59.2 Å². The second kappa shape index (κ2) is 12.0. The lowest BCUT2D eigenvalue weighted by atomic mass is 10.1. The highest BCUT2D eigenvalue weighted by atomic mass is 35.5. The van der Waals surface area contributed by atoms with Crippen molar-refractivity contribution in [2.24, 2.45) is 0 Å². The van der Waals surface area contributed by atoms with Crippen LogP contribution in [0.3, 0.4) is 0 Å². The van der Waals surface area contributed by atoms with E-state index in [2.05, 4.69) is 15.5 Å². The first-order valence-electron chi connectivity index (χ1n) is 11.3. The van der Waals surface area contributed by atoms with Crippen molar-refractivity contribution >= 4 is 69.8 Å². The minimum atomic E-state index is -0.329. The second-order valence-corrected chi connectivity index (χ2v) is 9.44. The van der Waals surface area contributed by atoms with Gasteiger partial charge in [0.25, 0.3) is 5.91 Å². The van der Waals surface area contributed by atoms with E-state index in [0.29, 0.717) is 28.7 Å². The standard InChI is InChI=1S/C27H24Cl2N4O2S/c28-21-6-1-19(2-7-21)3-14-25(34)31-27(36)30-23-10-12-24(13-11-23)32-15-17-33(18-16-32)26(35)20-4-8-22(29)9-5-20/h1-14H,15-18H2,(H2,30,31,34,36). The molecule has 0 unspecified atom stereocenters. The van der Waals surface area contributed by atoms with Crippen molar-refractivity contribution in [3.8, 4) is 0 Å². The highest BCUT2D eigenvalue weighted by molar-refractivity contribution is 7.80. The molecule has 2 amide bonds. The van der Waals surface area contributed by atoms with Gasteiger partial charge in [0.1, 0.15) is 0 Å². The minimum Gasteiger partial charge on any atom is -0.368 e. The maximum absolute atomic E-state index is 12.7. The lowest BCUT2D eigenvalue weighted by molar-refractivity contribution is -0.115. The lowest BCUT2D eigenvalue weighted by Gasteiger charge is -2.36. The molecule has 0 radical (unpaired) electrons. The van der Waals surface area contributed by atoms with Crippen LogP contribution in [0.1, 0.15) is 15.9 Å². The normalized spacial score (nSPS) is 13.5. The summed E-state index contributed by atoms with van der Waals surface area (Å²) in [4.78, 5) is 28.9. The first-order valence-corrected chi connectivity index (χ1v) is 12.5. The molecular weight excluding hydrogens is 515 g/mol. The molecule has 36 heavy (non-hydrogen) atoms. The van der Waals surface area contributed by atoms with Crippen LogP contribution in [0, 0.1) is 0 Å². The highest BCUT2D eigenvalue weighted by Gasteiger charge is 2.22. The summed E-state index contributed by atoms with van der Waals surface area (Å²) < 4.78 is 0. The average molecular weight is 539 g/mol. The molecular formula is C27H24Cl2N4O2S. The highest BCUT2D eigenvalue weighted by Crippen LogP contribution is 2.21. The fourth-order valence-electron chi connectivity index (χ4n) is 3.76. The van der Waals surface area contributed by atoms with Gasteiger partial charge in [-0.15, -0.1) is 0 Å². The molecule has 4 rings (SSSR count). The van der Waals surface area contributed by atoms with E-state index in [1.807, 2.05) is 41.3 Å². The van der Waals surface area contributed by atoms with Crippen LogP contribution in [0.4, 0.5) is 11.4 Å². The first kappa shape index (κ1) is 25.7. The maximum Gasteiger partial charge on any atom is 0.253 e. The van der Waals surface area contributed by atoms with Crippen molar-refractivity contribution in [1.29, 1.82) is 0 Å². The number of nitrogens with one attached hydrogen (secondary N) is 2. The van der Waals surface area contributed by atoms with Crippen LogP contribution in [-0.2, 0) is 4.79 Å². The lowest BCUT2D eigenvalue weighted by Crippen LogP contribution is -2.48. The number of thiocarbonyl (C=S) groups is 1. The van der Waals surface area contributed by atoms with Crippen molar-refractivity contribution in [2.45, 2.75) is 0 Å². The monoisotopic (exact) mass is 538 g/mol. The fourth-order valence-corrected chi connectivity index (χ4v) is 4.23. The molecule has 3 aromatic carbocycles. The summed E-state index contributed by atoms with van der Waals surface area (Å²) in [6.07, 6.45) is 3.10. The summed E-state index contributed by atoms with van der Waals surface area (Å²) in [5, 5.41) is 7.12. The molecule has 0 spiro atoms. The number of hydrogen-bond donors (Lipinski definition) is 2. The molecule has 0 atom stereocenters. The SMILES string of the molecule is O=C(C=Cc1ccc(Cl)cc1)NC(=S)Nc1ccc(N2CCN(C(=O)c3ccc(Cl)cc3)CC2)cc1. The molecule has 3 aromatic rings. The van der Waals surface area contributed by atoms with Crippen molar-refractivity contribution in [2.75, 3.05) is 36.4 Å². The number of halogens is 2. The predicted molar refractivity (Wildman–Crippen MR) is 151 cm³/mol. The van der Waals surface area contributed by atoms with E-state index in [4.69, 9.17) is 35.4 Å². The van der Waals surface area contributed by atoms with Gasteiger partial charge in [0.05, 0.1) is 0 Å². The van der Waals surface area contributed by atoms with Crippen LogP contribution in [0.25, 0.3) is 6.08 Å². The van der Waals surface area contributed by atoms with E-state index >= 15 is 0 Å². The van der Waals surface area contributed by atoms with Crippen molar-refractivity contribution in [3.63, 3.8) is 0 Å². The number of nitrogens with zero attached hydrogens (tertiary/aromatic N) is 2. The Bertz CT molecular complexity index is 1250. The average Bonchev–Trinajstić information content (AvgIpc) is 2.89. The molecule has 0 aliphatic carbocycles. The number of hydrogen-bond acceptors (Lipinski definition) is 4. The molecule has 184 valence electrons. The molecule has 1 saturated heterocycles. The number of amides is 2. The number of anilines is 2. The van der Waals surface area contributed by atoms with Gasteiger partial charge in [-0.05, 0) is 84.5 Å². The molecule has 0 saturated carbocycles. The summed E-state index contributed by atoms with van der Waals surface area (Å²) in [5.74, 6) is -0.311. The Morgan fingerprint density at radius 2 is 1.39 bits per heavy atom. The van der Waals surface area contributed by atoms with Crippen LogP contribution in [0.2, 0.25) is 10.0 Å². The van der Waals surface area contributed by atoms with E-state index in [0.717, 1.165) is 30.0 Å². The van der Waals surface area contributed by atoms with Crippen LogP contribution >= 0.6 is 35.4 Å². The van der Waals surface area contributed by atoms with Crippen molar-refractivity contribution in [3.05, 3.63) is 100 Å². The Kier molecular flexibility index (Phi) is 8.59. The molecule has 6 nitrogen and oxygen atoms in total. The number of rotatable bonds is 5. The molecule has 0 bridgehead atoms. The van der Waals surface area contributed by atoms with Gasteiger partial charge in [-0.2, -0.15) is 0 Å². The summed E-state index contributed by atoms with van der Waals surface area (Å²) in [6, 6.07) is 21.9. The van der Waals surface area contributed by atoms with Gasteiger partial charge in [-0.1, -0.05) is 35.3 Å². The smallest absolute Gasteiger partial charge is 0.253 e. The third kappa shape index (κ3) is 7.07. The van der Waals surface area contributed by atoms with Crippen molar-refractivity contribution in [1.82, 2.24) is 10.2 Å². The molecule has 0 aromatic heterocycles. The minimum absolute atomic E-state index is 0.0180. The Morgan fingerprint density at radius 1 is 0.806 bits per heavy atom. The van der Waals surface area contributed by atoms with Gasteiger partial charge in [-0.3, -0.25) is 14.9 Å². The zero-order valence-corrected chi connectivity index (χ0v) is 21.6. The number of carbonyl (C=O) groups excluding carboxylic acids is 2. The summed E-state index contributed by atoms with van der Waals surface area (Å²) in [6.45, 7) is 2.75. The van der Waals surface area contributed by atoms with Gasteiger partial charge in [-0.25, -0.2) is 0 Å². The van der Waals surface area contributed by atoms with E-state index < -0.39 is 0 Å². The van der Waals surface area contributed by atoms with Crippen LogP contribution in [0.5, 0.6) is 0 Å². The molecule has 1 heterocycles. The Labute approximate surface area is 225 Å². The molecule has 1 fully saturated rings. The van der Waals surface area contributed by atoms with E-state index in [1.165, 1.54) is 6.08 Å². The Balaban J connectivity index is 1.24. The van der Waals surface area contributed by atoms with E-state index in [9.17, 15) is 9.59 Å². The van der Waals surface area contributed by atoms with Gasteiger partial charge in [0.15, 0.2) is 5.11 Å².